The fraction of sp³-hybridized carbons (Fsp3) is 0.357. The third-order valence-corrected chi connectivity index (χ3v) is 3.07. The van der Waals surface area contributed by atoms with E-state index in [1.807, 2.05) is 35.8 Å². The first kappa shape index (κ1) is 14.0. The van der Waals surface area contributed by atoms with Crippen molar-refractivity contribution in [3.8, 4) is 0 Å². The molecule has 1 aromatic carbocycles. The molecule has 0 aliphatic heterocycles. The second kappa shape index (κ2) is 5.73. The number of amides is 1. The number of imidazole rings is 1. The molecule has 1 amide bonds. The van der Waals surface area contributed by atoms with Crippen molar-refractivity contribution in [3.63, 3.8) is 0 Å². The number of carbonyl (C=O) groups is 2. The monoisotopic (exact) mass is 275 g/mol. The van der Waals surface area contributed by atoms with E-state index in [0.717, 1.165) is 16.9 Å². The summed E-state index contributed by atoms with van der Waals surface area (Å²) < 4.78 is 6.62. The number of nitrogens with zero attached hydrogens (tertiary/aromatic N) is 2. The molecule has 0 fully saturated rings. The van der Waals surface area contributed by atoms with Crippen molar-refractivity contribution < 1.29 is 14.3 Å². The summed E-state index contributed by atoms with van der Waals surface area (Å²) in [6.45, 7) is 3.52. The van der Waals surface area contributed by atoms with Gasteiger partial charge in [-0.2, -0.15) is 0 Å². The predicted molar refractivity (Wildman–Crippen MR) is 74.1 cm³/mol. The zero-order chi connectivity index (χ0) is 14.7. The summed E-state index contributed by atoms with van der Waals surface area (Å²) in [6, 6.07) is 6.92. The molecule has 1 aromatic heterocycles. The van der Waals surface area contributed by atoms with E-state index in [1.165, 1.54) is 14.0 Å². The van der Waals surface area contributed by atoms with Gasteiger partial charge < -0.3 is 14.6 Å². The summed E-state index contributed by atoms with van der Waals surface area (Å²) in [7, 11) is 1.30. The Morgan fingerprint density at radius 2 is 2.10 bits per heavy atom. The van der Waals surface area contributed by atoms with Gasteiger partial charge in [-0.15, -0.1) is 0 Å². The van der Waals surface area contributed by atoms with Gasteiger partial charge in [-0.1, -0.05) is 12.1 Å². The minimum Gasteiger partial charge on any atom is -0.467 e. The average Bonchev–Trinajstić information content (AvgIpc) is 2.73. The van der Waals surface area contributed by atoms with Crippen LogP contribution in [-0.4, -0.2) is 34.6 Å². The number of benzene rings is 1. The van der Waals surface area contributed by atoms with Gasteiger partial charge in [-0.3, -0.25) is 4.79 Å². The summed E-state index contributed by atoms with van der Waals surface area (Å²) in [4.78, 5) is 27.4. The smallest absolute Gasteiger partial charge is 0.330 e. The number of para-hydroxylation sites is 2. The van der Waals surface area contributed by atoms with Crippen LogP contribution in [0.15, 0.2) is 24.3 Å². The van der Waals surface area contributed by atoms with Gasteiger partial charge in [-0.25, -0.2) is 9.78 Å². The number of fused-ring (bicyclic) bond motifs is 1. The zero-order valence-corrected chi connectivity index (χ0v) is 11.7. The molecule has 1 unspecified atom stereocenters. The van der Waals surface area contributed by atoms with Crippen LogP contribution in [0.3, 0.4) is 0 Å². The number of carbonyl (C=O) groups excluding carboxylic acids is 2. The Bertz CT molecular complexity index is 648. The van der Waals surface area contributed by atoms with Gasteiger partial charge in [0.2, 0.25) is 5.91 Å². The van der Waals surface area contributed by atoms with Crippen molar-refractivity contribution in [2.45, 2.75) is 26.4 Å². The minimum absolute atomic E-state index is 0.275. The lowest BCUT2D eigenvalue weighted by molar-refractivity contribution is -0.145. The summed E-state index contributed by atoms with van der Waals surface area (Å²) in [5.74, 6) is 0.0327. The number of methoxy groups -OCH3 is 1. The van der Waals surface area contributed by atoms with E-state index in [-0.39, 0.29) is 5.91 Å². The fourth-order valence-electron chi connectivity index (χ4n) is 2.18. The Morgan fingerprint density at radius 3 is 2.75 bits per heavy atom. The molecule has 0 saturated carbocycles. The van der Waals surface area contributed by atoms with Crippen LogP contribution in [0.25, 0.3) is 11.0 Å². The highest BCUT2D eigenvalue weighted by molar-refractivity contribution is 5.83. The predicted octanol–water partition coefficient (Wildman–Crippen LogP) is 1.02. The average molecular weight is 275 g/mol. The van der Waals surface area contributed by atoms with Crippen molar-refractivity contribution in [1.29, 1.82) is 0 Å². The van der Waals surface area contributed by atoms with Gasteiger partial charge in [-0.05, 0) is 19.1 Å². The molecule has 0 aliphatic carbocycles. The minimum atomic E-state index is -0.728. The SMILES string of the molecule is COC(=O)C(Cn1c(C)nc2ccccc21)NC(C)=O. The van der Waals surface area contributed by atoms with Crippen LogP contribution in [-0.2, 0) is 20.9 Å². The van der Waals surface area contributed by atoms with Crippen LogP contribution >= 0.6 is 0 Å². The molecule has 1 N–H and O–H groups in total. The van der Waals surface area contributed by atoms with Crippen LogP contribution in [0.2, 0.25) is 0 Å². The lowest BCUT2D eigenvalue weighted by Gasteiger charge is -2.17. The first-order valence-corrected chi connectivity index (χ1v) is 6.29. The van der Waals surface area contributed by atoms with Gasteiger partial charge in [0.05, 0.1) is 24.7 Å². The van der Waals surface area contributed by atoms with Gasteiger partial charge in [0, 0.05) is 6.92 Å². The first-order chi connectivity index (χ1) is 9.52. The normalized spacial score (nSPS) is 12.2. The Labute approximate surface area is 116 Å². The van der Waals surface area contributed by atoms with E-state index in [9.17, 15) is 9.59 Å². The van der Waals surface area contributed by atoms with Crippen LogP contribution in [0.1, 0.15) is 12.7 Å². The van der Waals surface area contributed by atoms with E-state index < -0.39 is 12.0 Å². The van der Waals surface area contributed by atoms with E-state index in [4.69, 9.17) is 4.74 Å². The van der Waals surface area contributed by atoms with Crippen molar-refractivity contribution in [1.82, 2.24) is 14.9 Å². The maximum absolute atomic E-state index is 11.8. The van der Waals surface area contributed by atoms with Crippen LogP contribution in [0.5, 0.6) is 0 Å². The van der Waals surface area contributed by atoms with E-state index in [2.05, 4.69) is 10.3 Å². The number of nitrogens with one attached hydrogen (secondary N) is 1. The third-order valence-electron chi connectivity index (χ3n) is 3.07. The van der Waals surface area contributed by atoms with Crippen molar-refractivity contribution >= 4 is 22.9 Å². The van der Waals surface area contributed by atoms with Crippen LogP contribution in [0, 0.1) is 6.92 Å². The maximum Gasteiger partial charge on any atom is 0.330 e. The fourth-order valence-corrected chi connectivity index (χ4v) is 2.18. The molecular weight excluding hydrogens is 258 g/mol. The lowest BCUT2D eigenvalue weighted by atomic mass is 10.2. The molecule has 2 aromatic rings. The molecule has 6 nitrogen and oxygen atoms in total. The highest BCUT2D eigenvalue weighted by Crippen LogP contribution is 2.16. The number of rotatable bonds is 4. The third kappa shape index (κ3) is 2.79. The van der Waals surface area contributed by atoms with Crippen molar-refractivity contribution in [3.05, 3.63) is 30.1 Å². The Hall–Kier alpha value is -2.37. The highest BCUT2D eigenvalue weighted by Gasteiger charge is 2.22. The molecule has 6 heteroatoms. The first-order valence-electron chi connectivity index (χ1n) is 6.29. The molecule has 0 saturated heterocycles. The molecule has 1 heterocycles. The molecular formula is C14H17N3O3. The molecule has 2 rings (SSSR count). The van der Waals surface area contributed by atoms with E-state index in [1.54, 1.807) is 0 Å². The molecule has 1 atom stereocenters. The Kier molecular flexibility index (Phi) is 4.02. The molecule has 20 heavy (non-hydrogen) atoms. The van der Waals surface area contributed by atoms with Crippen molar-refractivity contribution in [2.75, 3.05) is 7.11 Å². The van der Waals surface area contributed by atoms with Crippen LogP contribution in [0.4, 0.5) is 0 Å². The number of hydrogen-bond donors (Lipinski definition) is 1. The number of hydrogen-bond acceptors (Lipinski definition) is 4. The van der Waals surface area contributed by atoms with Gasteiger partial charge in [0.25, 0.3) is 0 Å². The molecule has 0 spiro atoms. The summed E-state index contributed by atoms with van der Waals surface area (Å²) in [6.07, 6.45) is 0. The number of ether oxygens (including phenoxy) is 1. The molecule has 0 bridgehead atoms. The van der Waals surface area contributed by atoms with Crippen LogP contribution < -0.4 is 5.32 Å². The maximum atomic E-state index is 11.8. The Balaban J connectivity index is 2.35. The lowest BCUT2D eigenvalue weighted by Crippen LogP contribution is -2.43. The van der Waals surface area contributed by atoms with Crippen molar-refractivity contribution in [2.24, 2.45) is 0 Å². The quantitative estimate of drug-likeness (QED) is 0.846. The molecule has 0 aliphatic rings. The van der Waals surface area contributed by atoms with Gasteiger partial charge in [0.15, 0.2) is 0 Å². The summed E-state index contributed by atoms with van der Waals surface area (Å²) in [5, 5.41) is 2.60. The van der Waals surface area contributed by atoms with E-state index in [0.29, 0.717) is 6.54 Å². The van der Waals surface area contributed by atoms with Gasteiger partial charge >= 0.3 is 5.97 Å². The highest BCUT2D eigenvalue weighted by atomic mass is 16.5. The largest absolute Gasteiger partial charge is 0.467 e. The summed E-state index contributed by atoms with van der Waals surface area (Å²) >= 11 is 0. The zero-order valence-electron chi connectivity index (χ0n) is 11.7. The molecule has 106 valence electrons. The second-order valence-electron chi connectivity index (χ2n) is 4.53. The standard InChI is InChI=1S/C14H17N3O3/c1-9-15-11-6-4-5-7-13(11)17(9)8-12(14(19)20-3)16-10(2)18/h4-7,12H,8H2,1-3H3,(H,16,18). The summed E-state index contributed by atoms with van der Waals surface area (Å²) in [5.41, 5.74) is 1.78. The van der Waals surface area contributed by atoms with Gasteiger partial charge in [0.1, 0.15) is 11.9 Å². The Morgan fingerprint density at radius 1 is 1.40 bits per heavy atom. The number of esters is 1. The molecule has 0 radical (unpaired) electrons. The second-order valence-corrected chi connectivity index (χ2v) is 4.53. The van der Waals surface area contributed by atoms with E-state index >= 15 is 0 Å². The topological polar surface area (TPSA) is 73.2 Å². The number of aromatic nitrogens is 2. The number of aryl methyl sites for hydroxylation is 1.